The van der Waals surface area contributed by atoms with Crippen LogP contribution < -0.4 is 9.80 Å². The number of likely N-dealkylation sites (N-methyl/N-ethyl adjacent to an activating group) is 1. The molecule has 0 aliphatic carbocycles. The molecule has 3 rings (SSSR count). The molecule has 1 unspecified atom stereocenters. The predicted molar refractivity (Wildman–Crippen MR) is 84.7 cm³/mol. The molecule has 1 aromatic rings. The number of aliphatic hydroxyl groups excluding tert-OH is 1. The predicted octanol–water partition coefficient (Wildman–Crippen LogP) is 1.07. The van der Waals surface area contributed by atoms with E-state index in [1.165, 1.54) is 0 Å². The molecule has 0 radical (unpaired) electrons. The van der Waals surface area contributed by atoms with Crippen molar-refractivity contribution in [1.82, 2.24) is 0 Å². The normalized spacial score (nSPS) is 20.2. The van der Waals surface area contributed by atoms with Gasteiger partial charge in [0.05, 0.1) is 23.5 Å². The number of rotatable bonds is 2. The molecule has 7 heteroatoms. The number of hydrogen-bond acceptors (Lipinski definition) is 5. The fourth-order valence-corrected chi connectivity index (χ4v) is 3.56. The summed E-state index contributed by atoms with van der Waals surface area (Å²) in [5.74, 6) is 1.34. The van der Waals surface area contributed by atoms with Crippen molar-refractivity contribution in [2.24, 2.45) is 0 Å². The van der Waals surface area contributed by atoms with Crippen LogP contribution in [0.1, 0.15) is 15.9 Å². The fraction of sp³-hybridized carbons (Fsp3) is 0.467. The number of aliphatic hydroxyl groups is 1. The smallest absolute Gasteiger partial charge is 0.336 e. The first-order valence-corrected chi connectivity index (χ1v) is 7.43. The molecule has 2 N–H and O–H groups in total. The second-order valence-corrected chi connectivity index (χ2v) is 6.04. The molecule has 2 heterocycles. The van der Waals surface area contributed by atoms with Crippen LogP contribution in [0.4, 0.5) is 11.4 Å². The molecule has 2 aliphatic rings. The Morgan fingerprint density at radius 1 is 1.50 bits per heavy atom. The Morgan fingerprint density at radius 2 is 2.27 bits per heavy atom. The first kappa shape index (κ1) is 14.7. The number of fused-ring (bicyclic) bond motifs is 3. The Bertz CT molecular complexity index is 658. The Hall–Kier alpha value is -2.20. The minimum Gasteiger partial charge on any atom is -0.478 e. The van der Waals surface area contributed by atoms with E-state index in [2.05, 4.69) is 10.9 Å². The summed E-state index contributed by atoms with van der Waals surface area (Å²) in [6.45, 7) is 1.37. The molecule has 2 aliphatic heterocycles. The van der Waals surface area contributed by atoms with Gasteiger partial charge >= 0.3 is 5.97 Å². The molecule has 0 amide bonds. The Balaban J connectivity index is 2.05. The Labute approximate surface area is 129 Å². The maximum absolute atomic E-state index is 11.4. The summed E-state index contributed by atoms with van der Waals surface area (Å²) in [6.07, 6.45) is 1.65. The van der Waals surface area contributed by atoms with Crippen LogP contribution in [0.2, 0.25) is 12.6 Å². The van der Waals surface area contributed by atoms with Gasteiger partial charge in [-0.1, -0.05) is 0 Å². The summed E-state index contributed by atoms with van der Waals surface area (Å²) in [4.78, 5) is 15.7. The third-order valence-electron chi connectivity index (χ3n) is 4.70. The number of nitrogens with zero attached hydrogens (tertiary/aromatic N) is 3. The molecule has 1 saturated heterocycles. The highest BCUT2D eigenvalue weighted by molar-refractivity contribution is 6.67. The zero-order chi connectivity index (χ0) is 15.9. The van der Waals surface area contributed by atoms with Gasteiger partial charge in [0.25, 0.3) is 6.71 Å². The third-order valence-corrected chi connectivity index (χ3v) is 4.70. The molecule has 6 nitrogen and oxygen atoms in total. The zero-order valence-electron chi connectivity index (χ0n) is 12.5. The van der Waals surface area contributed by atoms with Crippen LogP contribution in [0.5, 0.6) is 0 Å². The Morgan fingerprint density at radius 3 is 2.91 bits per heavy atom. The molecular weight excluding hydrogens is 281 g/mol. The van der Waals surface area contributed by atoms with Crippen LogP contribution in [0, 0.1) is 11.2 Å². The van der Waals surface area contributed by atoms with E-state index in [1.54, 1.807) is 12.1 Å². The molecule has 22 heavy (non-hydrogen) atoms. The van der Waals surface area contributed by atoms with Crippen LogP contribution in [0.3, 0.4) is 0 Å². The molecule has 0 spiro atoms. The lowest BCUT2D eigenvalue weighted by Gasteiger charge is -2.46. The highest BCUT2D eigenvalue weighted by Crippen LogP contribution is 2.40. The van der Waals surface area contributed by atoms with E-state index in [0.29, 0.717) is 5.56 Å². The summed E-state index contributed by atoms with van der Waals surface area (Å²) in [5.41, 5.74) is 2.42. The minimum absolute atomic E-state index is 0.0896. The van der Waals surface area contributed by atoms with E-state index >= 15 is 0 Å². The summed E-state index contributed by atoms with van der Waals surface area (Å²) < 4.78 is 0. The van der Waals surface area contributed by atoms with Gasteiger partial charge in [-0.05, 0) is 30.3 Å². The molecular formula is C15H18BN3O3. The standard InChI is InChI=1S/C15H18BN3O3/c1-18-7-11-6-16(9-17)2-3-19(11)14-4-10(8-20)12(15(21)22)5-13(14)18/h4-5,11,20H,2-3,6-8H2,1H3,(H,21,22). The first-order chi connectivity index (χ1) is 10.5. The lowest BCUT2D eigenvalue weighted by atomic mass is 9.43. The van der Waals surface area contributed by atoms with E-state index in [0.717, 1.165) is 37.1 Å². The van der Waals surface area contributed by atoms with Crippen LogP contribution >= 0.6 is 0 Å². The van der Waals surface area contributed by atoms with Crippen LogP contribution in [-0.2, 0) is 6.61 Å². The van der Waals surface area contributed by atoms with Crippen molar-refractivity contribution in [2.45, 2.75) is 25.3 Å². The van der Waals surface area contributed by atoms with E-state index in [4.69, 9.17) is 5.26 Å². The average Bonchev–Trinajstić information content (AvgIpc) is 2.53. The van der Waals surface area contributed by atoms with E-state index < -0.39 is 5.97 Å². The summed E-state index contributed by atoms with van der Waals surface area (Å²) in [5, 5.41) is 27.9. The maximum atomic E-state index is 11.4. The van der Waals surface area contributed by atoms with Crippen molar-refractivity contribution in [3.8, 4) is 5.97 Å². The number of carboxylic acids is 1. The van der Waals surface area contributed by atoms with E-state index in [1.807, 2.05) is 11.9 Å². The highest BCUT2D eigenvalue weighted by atomic mass is 16.4. The van der Waals surface area contributed by atoms with Crippen molar-refractivity contribution in [2.75, 3.05) is 29.9 Å². The molecule has 0 saturated carbocycles. The topological polar surface area (TPSA) is 87.8 Å². The number of nitriles is 1. The van der Waals surface area contributed by atoms with Crippen molar-refractivity contribution < 1.29 is 15.0 Å². The zero-order valence-corrected chi connectivity index (χ0v) is 12.5. The average molecular weight is 299 g/mol. The van der Waals surface area contributed by atoms with Gasteiger partial charge in [-0.25, -0.2) is 10.1 Å². The van der Waals surface area contributed by atoms with Gasteiger partial charge < -0.3 is 20.0 Å². The molecule has 0 aromatic heterocycles. The lowest BCUT2D eigenvalue weighted by molar-refractivity contribution is 0.0693. The summed E-state index contributed by atoms with van der Waals surface area (Å²) in [6, 6.07) is 3.70. The molecule has 1 atom stereocenters. The highest BCUT2D eigenvalue weighted by Gasteiger charge is 2.37. The van der Waals surface area contributed by atoms with Crippen molar-refractivity contribution >= 4 is 24.1 Å². The Kier molecular flexibility index (Phi) is 3.71. The van der Waals surface area contributed by atoms with E-state index in [9.17, 15) is 15.0 Å². The quantitative estimate of drug-likeness (QED) is 0.794. The minimum atomic E-state index is -1.02. The summed E-state index contributed by atoms with van der Waals surface area (Å²) >= 11 is 0. The third kappa shape index (κ3) is 2.30. The van der Waals surface area contributed by atoms with Gasteiger partial charge in [0.1, 0.15) is 0 Å². The van der Waals surface area contributed by atoms with Crippen LogP contribution in [0.15, 0.2) is 12.1 Å². The van der Waals surface area contributed by atoms with Crippen LogP contribution in [-0.4, -0.2) is 49.1 Å². The maximum Gasteiger partial charge on any atom is 0.336 e. The fourth-order valence-electron chi connectivity index (χ4n) is 3.56. The van der Waals surface area contributed by atoms with E-state index in [-0.39, 0.29) is 24.9 Å². The first-order valence-electron chi connectivity index (χ1n) is 7.43. The van der Waals surface area contributed by atoms with Gasteiger partial charge in [0.15, 0.2) is 0 Å². The number of hydrogen-bond donors (Lipinski definition) is 2. The van der Waals surface area contributed by atoms with Gasteiger partial charge in [-0.3, -0.25) is 0 Å². The van der Waals surface area contributed by atoms with Crippen molar-refractivity contribution in [3.05, 3.63) is 23.3 Å². The number of aromatic carboxylic acids is 1. The van der Waals surface area contributed by atoms with Gasteiger partial charge in [-0.15, -0.1) is 0 Å². The lowest BCUT2D eigenvalue weighted by Crippen LogP contribution is -2.53. The van der Waals surface area contributed by atoms with Gasteiger partial charge in [0.2, 0.25) is 0 Å². The molecule has 1 fully saturated rings. The molecule has 0 bridgehead atoms. The molecule has 1 aromatic carbocycles. The number of benzene rings is 1. The van der Waals surface area contributed by atoms with Gasteiger partial charge in [-0.2, -0.15) is 0 Å². The van der Waals surface area contributed by atoms with Crippen molar-refractivity contribution in [3.63, 3.8) is 0 Å². The van der Waals surface area contributed by atoms with Gasteiger partial charge in [0, 0.05) is 32.1 Å². The molecule has 114 valence electrons. The number of carboxylic acid groups (broad SMARTS) is 1. The second-order valence-electron chi connectivity index (χ2n) is 6.04. The van der Waals surface area contributed by atoms with Crippen LogP contribution in [0.25, 0.3) is 0 Å². The monoisotopic (exact) mass is 299 g/mol. The van der Waals surface area contributed by atoms with Crippen molar-refractivity contribution in [1.29, 1.82) is 5.26 Å². The largest absolute Gasteiger partial charge is 0.478 e. The SMILES string of the molecule is CN1CC2CB(C#N)CCN2c2cc(CO)c(C(=O)O)cc21. The second kappa shape index (κ2) is 5.54. The number of anilines is 2. The number of carbonyl (C=O) groups is 1. The summed E-state index contributed by atoms with van der Waals surface area (Å²) in [7, 11) is 1.94.